The highest BCUT2D eigenvalue weighted by Crippen LogP contribution is 2.39. The van der Waals surface area contributed by atoms with E-state index in [0.717, 1.165) is 5.56 Å². The molecule has 0 bridgehead atoms. The lowest BCUT2D eigenvalue weighted by Gasteiger charge is -2.33. The molecule has 2 aromatic rings. The number of aliphatic carboxylic acids is 2. The van der Waals surface area contributed by atoms with Gasteiger partial charge in [-0.25, -0.2) is 9.59 Å². The lowest BCUT2D eigenvalue weighted by Crippen LogP contribution is -2.30. The molecule has 6 heteroatoms. The van der Waals surface area contributed by atoms with E-state index in [1.54, 1.807) is 36.9 Å². The average molecular weight is 379 g/mol. The van der Waals surface area contributed by atoms with E-state index in [2.05, 4.69) is 0 Å². The quantitative estimate of drug-likeness (QED) is 0.782. The summed E-state index contributed by atoms with van der Waals surface area (Å²) in [5.41, 5.74) is 2.66. The third-order valence-electron chi connectivity index (χ3n) is 4.76. The summed E-state index contributed by atoms with van der Waals surface area (Å²) in [6.45, 7) is 3.70. The predicted octanol–water partition coefficient (Wildman–Crippen LogP) is 4.19. The summed E-state index contributed by atoms with van der Waals surface area (Å²) in [4.78, 5) is 25.0. The van der Waals surface area contributed by atoms with Crippen LogP contribution in [0, 0.1) is 0 Å². The Morgan fingerprint density at radius 3 is 2.00 bits per heavy atom. The third-order valence-corrected chi connectivity index (χ3v) is 4.76. The van der Waals surface area contributed by atoms with Gasteiger partial charge >= 0.3 is 11.9 Å². The molecule has 0 atom stereocenters. The Morgan fingerprint density at radius 2 is 1.43 bits per heavy atom. The standard InChI is InChI=1S/C22H21NO5/c1-14-17(21(24)25)12-18(22(26)27)15(2)23(14)19-10-6-7-11-20(19)28-13-16-8-4-3-5-9-16/h3-11H,12-13H2,1-2H3,(H,24,25)(H,26,27). The number of hydrogen-bond donors (Lipinski definition) is 2. The van der Waals surface area contributed by atoms with Gasteiger partial charge in [-0.2, -0.15) is 0 Å². The van der Waals surface area contributed by atoms with Crippen molar-refractivity contribution in [3.05, 3.63) is 82.7 Å². The van der Waals surface area contributed by atoms with Crippen LogP contribution in [0.2, 0.25) is 0 Å². The summed E-state index contributed by atoms with van der Waals surface area (Å²) in [6, 6.07) is 16.9. The van der Waals surface area contributed by atoms with Gasteiger partial charge in [-0.15, -0.1) is 0 Å². The van der Waals surface area contributed by atoms with Gasteiger partial charge in [0.1, 0.15) is 12.4 Å². The number of carbonyl (C=O) groups is 2. The first kappa shape index (κ1) is 19.2. The van der Waals surface area contributed by atoms with Crippen LogP contribution in [-0.4, -0.2) is 22.2 Å². The molecule has 0 saturated carbocycles. The van der Waals surface area contributed by atoms with Crippen molar-refractivity contribution in [2.75, 3.05) is 4.90 Å². The maximum atomic E-state index is 11.7. The lowest BCUT2D eigenvalue weighted by atomic mass is 9.96. The van der Waals surface area contributed by atoms with Crippen LogP contribution in [-0.2, 0) is 16.2 Å². The minimum Gasteiger partial charge on any atom is -0.487 e. The molecule has 6 nitrogen and oxygen atoms in total. The molecule has 0 aromatic heterocycles. The van der Waals surface area contributed by atoms with Crippen LogP contribution in [0.1, 0.15) is 25.8 Å². The van der Waals surface area contributed by atoms with Gasteiger partial charge in [-0.1, -0.05) is 42.5 Å². The predicted molar refractivity (Wildman–Crippen MR) is 105 cm³/mol. The number of carboxylic acid groups (broad SMARTS) is 2. The Kier molecular flexibility index (Phi) is 5.49. The molecule has 2 N–H and O–H groups in total. The summed E-state index contributed by atoms with van der Waals surface area (Å²) >= 11 is 0. The van der Waals surface area contributed by atoms with Crippen molar-refractivity contribution in [2.45, 2.75) is 26.9 Å². The van der Waals surface area contributed by atoms with Crippen LogP contribution < -0.4 is 9.64 Å². The van der Waals surface area contributed by atoms with E-state index >= 15 is 0 Å². The summed E-state index contributed by atoms with van der Waals surface area (Å²) in [7, 11) is 0. The van der Waals surface area contributed by atoms with E-state index in [0.29, 0.717) is 29.4 Å². The summed E-state index contributed by atoms with van der Waals surface area (Å²) in [5, 5.41) is 19.1. The Morgan fingerprint density at radius 1 is 0.893 bits per heavy atom. The molecule has 0 unspecified atom stereocenters. The summed E-state index contributed by atoms with van der Waals surface area (Å²) in [5.74, 6) is -1.71. The van der Waals surface area contributed by atoms with Crippen molar-refractivity contribution in [3.8, 4) is 5.75 Å². The van der Waals surface area contributed by atoms with Crippen LogP contribution in [0.4, 0.5) is 5.69 Å². The Balaban J connectivity index is 2.04. The number of hydrogen-bond acceptors (Lipinski definition) is 4. The SMILES string of the molecule is CC1=C(C(=O)O)CC(C(=O)O)=C(C)N1c1ccccc1OCc1ccccc1. The fourth-order valence-corrected chi connectivity index (χ4v) is 3.28. The fraction of sp³-hybridized carbons (Fsp3) is 0.182. The van der Waals surface area contributed by atoms with Gasteiger partial charge in [-0.05, 0) is 31.5 Å². The molecule has 0 saturated heterocycles. The van der Waals surface area contributed by atoms with Crippen molar-refractivity contribution >= 4 is 17.6 Å². The van der Waals surface area contributed by atoms with Crippen molar-refractivity contribution in [2.24, 2.45) is 0 Å². The van der Waals surface area contributed by atoms with Gasteiger partial charge in [0, 0.05) is 17.8 Å². The first-order valence-corrected chi connectivity index (χ1v) is 8.82. The van der Waals surface area contributed by atoms with Crippen molar-refractivity contribution in [1.29, 1.82) is 0 Å². The van der Waals surface area contributed by atoms with Gasteiger partial charge in [0.15, 0.2) is 0 Å². The second kappa shape index (κ2) is 8.00. The van der Waals surface area contributed by atoms with E-state index < -0.39 is 11.9 Å². The van der Waals surface area contributed by atoms with Crippen LogP contribution in [0.15, 0.2) is 77.1 Å². The van der Waals surface area contributed by atoms with Crippen LogP contribution in [0.5, 0.6) is 5.75 Å². The summed E-state index contributed by atoms with van der Waals surface area (Å²) < 4.78 is 5.98. The molecular weight excluding hydrogens is 358 g/mol. The molecule has 1 heterocycles. The highest BCUT2D eigenvalue weighted by molar-refractivity contribution is 5.97. The summed E-state index contributed by atoms with van der Waals surface area (Å²) in [6.07, 6.45) is -0.119. The molecule has 0 spiro atoms. The number of nitrogens with zero attached hydrogens (tertiary/aromatic N) is 1. The van der Waals surface area contributed by atoms with E-state index in [-0.39, 0.29) is 17.6 Å². The number of rotatable bonds is 6. The van der Waals surface area contributed by atoms with Crippen molar-refractivity contribution < 1.29 is 24.5 Å². The second-order valence-corrected chi connectivity index (χ2v) is 6.49. The van der Waals surface area contributed by atoms with Crippen LogP contribution in [0.3, 0.4) is 0 Å². The molecule has 1 aliphatic heterocycles. The van der Waals surface area contributed by atoms with Crippen LogP contribution in [0.25, 0.3) is 0 Å². The van der Waals surface area contributed by atoms with Gasteiger partial charge in [-0.3, -0.25) is 0 Å². The number of ether oxygens (including phenoxy) is 1. The lowest BCUT2D eigenvalue weighted by molar-refractivity contribution is -0.133. The molecule has 0 fully saturated rings. The average Bonchev–Trinajstić information content (AvgIpc) is 2.67. The van der Waals surface area contributed by atoms with Crippen molar-refractivity contribution in [3.63, 3.8) is 0 Å². The zero-order valence-electron chi connectivity index (χ0n) is 15.7. The number of benzene rings is 2. The van der Waals surface area contributed by atoms with Crippen molar-refractivity contribution in [1.82, 2.24) is 0 Å². The maximum Gasteiger partial charge on any atom is 0.333 e. The number of carboxylic acids is 2. The second-order valence-electron chi connectivity index (χ2n) is 6.49. The maximum absolute atomic E-state index is 11.7. The first-order chi connectivity index (χ1) is 13.4. The number of anilines is 1. The fourth-order valence-electron chi connectivity index (χ4n) is 3.28. The normalized spacial score (nSPS) is 14.3. The molecule has 0 amide bonds. The van der Waals surface area contributed by atoms with Crippen LogP contribution >= 0.6 is 0 Å². The molecule has 28 heavy (non-hydrogen) atoms. The van der Waals surface area contributed by atoms with Gasteiger partial charge in [0.05, 0.1) is 16.8 Å². The minimum atomic E-state index is -1.13. The highest BCUT2D eigenvalue weighted by atomic mass is 16.5. The van der Waals surface area contributed by atoms with E-state index in [9.17, 15) is 19.8 Å². The first-order valence-electron chi connectivity index (χ1n) is 8.82. The number of para-hydroxylation sites is 2. The Bertz CT molecular complexity index is 939. The smallest absolute Gasteiger partial charge is 0.333 e. The van der Waals surface area contributed by atoms with Gasteiger partial charge < -0.3 is 19.8 Å². The van der Waals surface area contributed by atoms with Gasteiger partial charge in [0.25, 0.3) is 0 Å². The third kappa shape index (κ3) is 3.76. The van der Waals surface area contributed by atoms with E-state index in [1.807, 2.05) is 36.4 Å². The monoisotopic (exact) mass is 379 g/mol. The molecule has 3 rings (SSSR count). The molecule has 1 aliphatic rings. The molecule has 0 aliphatic carbocycles. The topological polar surface area (TPSA) is 87.1 Å². The van der Waals surface area contributed by atoms with E-state index in [4.69, 9.17) is 4.74 Å². The molecule has 0 radical (unpaired) electrons. The van der Waals surface area contributed by atoms with Gasteiger partial charge in [0.2, 0.25) is 0 Å². The zero-order valence-corrected chi connectivity index (χ0v) is 15.7. The highest BCUT2D eigenvalue weighted by Gasteiger charge is 2.31. The molecule has 2 aromatic carbocycles. The number of allylic oxidation sites excluding steroid dienone is 2. The Hall–Kier alpha value is -3.54. The van der Waals surface area contributed by atoms with E-state index in [1.165, 1.54) is 0 Å². The largest absolute Gasteiger partial charge is 0.487 e. The molecular formula is C22H21NO5. The minimum absolute atomic E-state index is 0.0564. The Labute approximate surface area is 163 Å². The molecule has 144 valence electrons. The zero-order chi connectivity index (χ0) is 20.3.